The number of phenols is 1. The van der Waals surface area contributed by atoms with Crippen LogP contribution >= 0.6 is 0 Å². The van der Waals surface area contributed by atoms with Crippen molar-refractivity contribution < 1.29 is 9.90 Å². The Labute approximate surface area is 217 Å². The van der Waals surface area contributed by atoms with Gasteiger partial charge in [-0.05, 0) is 55.3 Å². The number of nitrogens with zero attached hydrogens (tertiary/aromatic N) is 4. The highest BCUT2D eigenvalue weighted by atomic mass is 16.3. The van der Waals surface area contributed by atoms with Gasteiger partial charge in [0.2, 0.25) is 0 Å². The molecule has 0 atom stereocenters. The maximum atomic E-state index is 13.0. The lowest BCUT2D eigenvalue weighted by molar-refractivity contribution is 0.102. The Morgan fingerprint density at radius 1 is 1.03 bits per heavy atom. The van der Waals surface area contributed by atoms with Crippen molar-refractivity contribution in [2.45, 2.75) is 20.4 Å². The van der Waals surface area contributed by atoms with Gasteiger partial charge in [0, 0.05) is 67.4 Å². The van der Waals surface area contributed by atoms with Gasteiger partial charge in [0.15, 0.2) is 0 Å². The van der Waals surface area contributed by atoms with Gasteiger partial charge in [-0.2, -0.15) is 0 Å². The van der Waals surface area contributed by atoms with Gasteiger partial charge in [-0.3, -0.25) is 14.1 Å². The quantitative estimate of drug-likeness (QED) is 0.409. The van der Waals surface area contributed by atoms with Crippen molar-refractivity contribution in [2.24, 2.45) is 0 Å². The number of amides is 1. The Hall–Kier alpha value is -4.12. The number of likely N-dealkylation sites (N-methyl/N-ethyl adjacent to an activating group) is 1. The molecule has 7 heteroatoms. The van der Waals surface area contributed by atoms with Crippen LogP contribution in [0.5, 0.6) is 5.75 Å². The zero-order chi connectivity index (χ0) is 25.8. The Morgan fingerprint density at radius 3 is 2.62 bits per heavy atom. The molecule has 0 saturated carbocycles. The minimum absolute atomic E-state index is 0.194. The topological polar surface area (TPSA) is 73.1 Å². The minimum atomic E-state index is -0.249. The van der Waals surface area contributed by atoms with Crippen LogP contribution in [0.1, 0.15) is 39.7 Å². The summed E-state index contributed by atoms with van der Waals surface area (Å²) >= 11 is 0. The molecule has 37 heavy (non-hydrogen) atoms. The molecule has 1 aliphatic rings. The third kappa shape index (κ3) is 5.67. The van der Waals surface area contributed by atoms with Crippen LogP contribution in [0.4, 0.5) is 5.69 Å². The van der Waals surface area contributed by atoms with Crippen molar-refractivity contribution in [3.63, 3.8) is 0 Å². The van der Waals surface area contributed by atoms with Crippen molar-refractivity contribution in [1.29, 1.82) is 0 Å². The number of aryl methyl sites for hydroxylation is 1. The van der Waals surface area contributed by atoms with Crippen LogP contribution < -0.4 is 5.32 Å². The number of aromatic nitrogens is 2. The van der Waals surface area contributed by atoms with E-state index in [0.717, 1.165) is 60.8 Å². The number of nitrogens with one attached hydrogen (secondary N) is 1. The molecular weight excluding hydrogens is 462 g/mol. The molecule has 1 aliphatic heterocycles. The second-order valence-corrected chi connectivity index (χ2v) is 9.36. The highest BCUT2D eigenvalue weighted by molar-refractivity contribution is 6.04. The SMILES string of the molecule is CCN1CCN(Cc2ccc(NC(=O)c3ccc(C)c(C#Cc4cnc5ccccn45)c3)cc2O)CC1. The van der Waals surface area contributed by atoms with Crippen molar-refractivity contribution in [1.82, 2.24) is 19.2 Å². The zero-order valence-electron chi connectivity index (χ0n) is 21.2. The van der Waals surface area contributed by atoms with E-state index < -0.39 is 0 Å². The lowest BCUT2D eigenvalue weighted by Crippen LogP contribution is -2.45. The summed E-state index contributed by atoms with van der Waals surface area (Å²) in [4.78, 5) is 22.1. The molecule has 3 heterocycles. The van der Waals surface area contributed by atoms with E-state index in [2.05, 4.69) is 38.9 Å². The van der Waals surface area contributed by atoms with Gasteiger partial charge in [-0.15, -0.1) is 0 Å². The highest BCUT2D eigenvalue weighted by Gasteiger charge is 2.17. The second kappa shape index (κ2) is 10.9. The summed E-state index contributed by atoms with van der Waals surface area (Å²) in [5.74, 6) is 6.31. The molecule has 0 radical (unpaired) electrons. The summed E-state index contributed by atoms with van der Waals surface area (Å²) in [6.07, 6.45) is 3.67. The largest absolute Gasteiger partial charge is 0.508 e. The van der Waals surface area contributed by atoms with E-state index in [9.17, 15) is 9.90 Å². The Balaban J connectivity index is 1.27. The number of phenolic OH excluding ortho intramolecular Hbond substituents is 1. The van der Waals surface area contributed by atoms with Crippen LogP contribution in [0.15, 0.2) is 67.0 Å². The fraction of sp³-hybridized carbons (Fsp3) is 0.267. The van der Waals surface area contributed by atoms with Crippen LogP contribution in [-0.2, 0) is 6.54 Å². The van der Waals surface area contributed by atoms with Gasteiger partial charge in [-0.1, -0.05) is 31.0 Å². The number of benzene rings is 2. The summed E-state index contributed by atoms with van der Waals surface area (Å²) < 4.78 is 1.93. The monoisotopic (exact) mass is 493 g/mol. The summed E-state index contributed by atoms with van der Waals surface area (Å²) in [5, 5.41) is 13.5. The Bertz CT molecular complexity index is 1490. The molecule has 5 rings (SSSR count). The predicted octanol–water partition coefficient (Wildman–Crippen LogP) is 4.14. The molecule has 1 amide bonds. The number of hydrogen-bond donors (Lipinski definition) is 2. The Morgan fingerprint density at radius 2 is 1.84 bits per heavy atom. The molecule has 2 aromatic carbocycles. The fourth-order valence-electron chi connectivity index (χ4n) is 4.54. The van der Waals surface area contributed by atoms with E-state index >= 15 is 0 Å². The smallest absolute Gasteiger partial charge is 0.255 e. The van der Waals surface area contributed by atoms with E-state index in [0.29, 0.717) is 17.8 Å². The van der Waals surface area contributed by atoms with Gasteiger partial charge in [0.1, 0.15) is 17.1 Å². The van der Waals surface area contributed by atoms with Crippen LogP contribution in [0.25, 0.3) is 5.65 Å². The van der Waals surface area contributed by atoms with Crippen LogP contribution in [0.2, 0.25) is 0 Å². The summed E-state index contributed by atoms with van der Waals surface area (Å²) in [7, 11) is 0. The van der Waals surface area contributed by atoms with Gasteiger partial charge in [0.05, 0.1) is 6.20 Å². The van der Waals surface area contributed by atoms with Crippen LogP contribution in [0, 0.1) is 18.8 Å². The number of carbonyl (C=O) groups is 1. The molecule has 0 spiro atoms. The van der Waals surface area contributed by atoms with E-state index in [-0.39, 0.29) is 11.7 Å². The predicted molar refractivity (Wildman–Crippen MR) is 146 cm³/mol. The molecule has 0 bridgehead atoms. The molecule has 2 N–H and O–H groups in total. The molecule has 0 aliphatic carbocycles. The standard InChI is InChI=1S/C30H31N5O2/c1-3-33-14-16-34(17-15-33)21-25-9-11-26(19-28(25)36)32-30(37)24-8-7-22(2)23(18-24)10-12-27-20-31-29-6-4-5-13-35(27)29/h4-9,11,13,18-20,36H,3,14-17,21H2,1-2H3,(H,32,37). The normalized spacial score (nSPS) is 14.3. The fourth-order valence-corrected chi connectivity index (χ4v) is 4.54. The number of hydrogen-bond acceptors (Lipinski definition) is 5. The number of carbonyl (C=O) groups excluding carboxylic acids is 1. The van der Waals surface area contributed by atoms with Gasteiger partial charge in [-0.25, -0.2) is 4.98 Å². The lowest BCUT2D eigenvalue weighted by atomic mass is 10.0. The van der Waals surface area contributed by atoms with E-state index in [1.165, 1.54) is 0 Å². The maximum Gasteiger partial charge on any atom is 0.255 e. The van der Waals surface area contributed by atoms with E-state index in [1.54, 1.807) is 24.4 Å². The molecule has 7 nitrogen and oxygen atoms in total. The number of fused-ring (bicyclic) bond motifs is 1. The summed E-state index contributed by atoms with van der Waals surface area (Å²) in [5.41, 5.74) is 5.31. The molecule has 2 aromatic heterocycles. The minimum Gasteiger partial charge on any atom is -0.508 e. The third-order valence-corrected chi connectivity index (χ3v) is 6.89. The third-order valence-electron chi connectivity index (χ3n) is 6.89. The van der Waals surface area contributed by atoms with E-state index in [1.807, 2.05) is 53.9 Å². The number of aromatic hydroxyl groups is 1. The molecule has 4 aromatic rings. The molecule has 188 valence electrons. The first kappa shape index (κ1) is 24.6. The van der Waals surface area contributed by atoms with Crippen molar-refractivity contribution >= 4 is 17.2 Å². The number of pyridine rings is 1. The molecule has 0 unspecified atom stereocenters. The van der Waals surface area contributed by atoms with E-state index in [4.69, 9.17) is 0 Å². The summed E-state index contributed by atoms with van der Waals surface area (Å²) in [6.45, 7) is 10.0. The first-order chi connectivity index (χ1) is 18.0. The molecule has 1 fully saturated rings. The number of anilines is 1. The molecule has 1 saturated heterocycles. The average molecular weight is 494 g/mol. The first-order valence-corrected chi connectivity index (χ1v) is 12.6. The average Bonchev–Trinajstić information content (AvgIpc) is 3.33. The summed E-state index contributed by atoms with van der Waals surface area (Å²) in [6, 6.07) is 16.6. The van der Waals surface area contributed by atoms with Crippen LogP contribution in [0.3, 0.4) is 0 Å². The molecular formula is C30H31N5O2. The van der Waals surface area contributed by atoms with Gasteiger partial charge in [0.25, 0.3) is 5.91 Å². The first-order valence-electron chi connectivity index (χ1n) is 12.6. The second-order valence-electron chi connectivity index (χ2n) is 9.36. The number of piperazine rings is 1. The van der Waals surface area contributed by atoms with Crippen molar-refractivity contribution in [2.75, 3.05) is 38.0 Å². The zero-order valence-corrected chi connectivity index (χ0v) is 21.2. The van der Waals surface area contributed by atoms with Crippen molar-refractivity contribution in [3.05, 3.63) is 94.9 Å². The van der Waals surface area contributed by atoms with Crippen molar-refractivity contribution in [3.8, 4) is 17.6 Å². The number of imidazole rings is 1. The van der Waals surface area contributed by atoms with Gasteiger partial charge >= 0.3 is 0 Å². The van der Waals surface area contributed by atoms with Crippen LogP contribution in [-0.4, -0.2) is 62.9 Å². The highest BCUT2D eigenvalue weighted by Crippen LogP contribution is 2.24. The maximum absolute atomic E-state index is 13.0. The number of rotatable bonds is 5. The van der Waals surface area contributed by atoms with Gasteiger partial charge < -0.3 is 15.3 Å². The Kier molecular flexibility index (Phi) is 7.22. The lowest BCUT2D eigenvalue weighted by Gasteiger charge is -2.34.